The Morgan fingerprint density at radius 3 is 2.68 bits per heavy atom. The molecule has 1 aromatic rings. The van der Waals surface area contributed by atoms with Gasteiger partial charge in [-0.1, -0.05) is 35.8 Å². The Morgan fingerprint density at radius 2 is 2.16 bits per heavy atom. The number of alkyl halides is 1. The molecule has 0 aliphatic heterocycles. The molecular weight excluding hydrogens is 312 g/mol. The summed E-state index contributed by atoms with van der Waals surface area (Å²) < 4.78 is 0. The van der Waals surface area contributed by atoms with Crippen molar-refractivity contribution in [2.45, 2.75) is 26.3 Å². The molecule has 0 aromatic heterocycles. The number of benzene rings is 1. The highest BCUT2D eigenvalue weighted by atomic mass is 79.9. The minimum Gasteiger partial charge on any atom is -0.349 e. The molecule has 1 unspecified atom stereocenters. The van der Waals surface area contributed by atoms with Crippen LogP contribution in [0.15, 0.2) is 24.3 Å². The first-order valence-electron chi connectivity index (χ1n) is 6.07. The second kappa shape index (κ2) is 7.23. The molecule has 0 spiro atoms. The molecule has 0 bridgehead atoms. The Labute approximate surface area is 120 Å². The number of nitro groups is 1. The van der Waals surface area contributed by atoms with Crippen molar-refractivity contribution >= 4 is 27.5 Å². The van der Waals surface area contributed by atoms with Crippen LogP contribution in [-0.2, 0) is 0 Å². The van der Waals surface area contributed by atoms with E-state index in [0.29, 0.717) is 11.5 Å². The Bertz CT molecular complexity index is 463. The second-order valence-corrected chi connectivity index (χ2v) is 5.40. The van der Waals surface area contributed by atoms with Crippen LogP contribution in [0.4, 0.5) is 5.69 Å². The molecule has 6 heteroatoms. The lowest BCUT2D eigenvalue weighted by Gasteiger charge is -2.21. The highest BCUT2D eigenvalue weighted by Crippen LogP contribution is 2.14. The fourth-order valence-electron chi connectivity index (χ4n) is 1.70. The lowest BCUT2D eigenvalue weighted by Crippen LogP contribution is -2.38. The molecule has 0 saturated carbocycles. The van der Waals surface area contributed by atoms with E-state index in [4.69, 9.17) is 0 Å². The standard InChI is InChI=1S/C13H17BrN2O3/c1-9(2)12(6-7-14)15-13(17)10-4-3-5-11(8-10)16(18)19/h3-5,8-9,12H,6-7H2,1-2H3,(H,15,17). The van der Waals surface area contributed by atoms with Crippen LogP contribution in [0.2, 0.25) is 0 Å². The van der Waals surface area contributed by atoms with Crippen molar-refractivity contribution in [3.63, 3.8) is 0 Å². The van der Waals surface area contributed by atoms with Gasteiger partial charge in [-0.3, -0.25) is 14.9 Å². The summed E-state index contributed by atoms with van der Waals surface area (Å²) >= 11 is 3.35. The average molecular weight is 329 g/mol. The number of nitrogens with one attached hydrogen (secondary N) is 1. The summed E-state index contributed by atoms with van der Waals surface area (Å²) in [4.78, 5) is 22.2. The van der Waals surface area contributed by atoms with Gasteiger partial charge in [0.25, 0.3) is 11.6 Å². The number of non-ortho nitro benzene ring substituents is 1. The summed E-state index contributed by atoms with van der Waals surface area (Å²) in [5.41, 5.74) is 0.240. The topological polar surface area (TPSA) is 72.2 Å². The number of nitro benzene ring substituents is 1. The van der Waals surface area contributed by atoms with Gasteiger partial charge >= 0.3 is 0 Å². The monoisotopic (exact) mass is 328 g/mol. The number of halogens is 1. The summed E-state index contributed by atoms with van der Waals surface area (Å²) in [5, 5.41) is 14.4. The first kappa shape index (κ1) is 15.6. The van der Waals surface area contributed by atoms with Crippen molar-refractivity contribution in [3.05, 3.63) is 39.9 Å². The maximum atomic E-state index is 12.1. The molecule has 0 heterocycles. The van der Waals surface area contributed by atoms with Gasteiger partial charge in [0, 0.05) is 29.1 Å². The van der Waals surface area contributed by atoms with E-state index >= 15 is 0 Å². The van der Waals surface area contributed by atoms with Crippen molar-refractivity contribution in [3.8, 4) is 0 Å². The van der Waals surface area contributed by atoms with Crippen molar-refractivity contribution in [2.24, 2.45) is 5.92 Å². The van der Waals surface area contributed by atoms with Crippen molar-refractivity contribution in [1.29, 1.82) is 0 Å². The SMILES string of the molecule is CC(C)C(CCBr)NC(=O)c1cccc([N+](=O)[O-])c1. The van der Waals surface area contributed by atoms with Crippen molar-refractivity contribution in [1.82, 2.24) is 5.32 Å². The molecule has 0 aliphatic rings. The summed E-state index contributed by atoms with van der Waals surface area (Å²) in [6.45, 7) is 4.06. The third-order valence-electron chi connectivity index (χ3n) is 2.86. The second-order valence-electron chi connectivity index (χ2n) is 4.61. The maximum absolute atomic E-state index is 12.1. The molecule has 1 atom stereocenters. The van der Waals surface area contributed by atoms with Crippen molar-refractivity contribution < 1.29 is 9.72 Å². The van der Waals surface area contributed by atoms with Crippen LogP contribution >= 0.6 is 15.9 Å². The van der Waals surface area contributed by atoms with Crippen LogP contribution in [0.25, 0.3) is 0 Å². The number of amides is 1. The number of hydrogen-bond acceptors (Lipinski definition) is 3. The van der Waals surface area contributed by atoms with Crippen LogP contribution in [0.5, 0.6) is 0 Å². The Balaban J connectivity index is 2.82. The Hall–Kier alpha value is -1.43. The summed E-state index contributed by atoms with van der Waals surface area (Å²) in [6.07, 6.45) is 0.818. The molecule has 0 fully saturated rings. The Kier molecular flexibility index (Phi) is 5.95. The van der Waals surface area contributed by atoms with Gasteiger partial charge in [0.15, 0.2) is 0 Å². The van der Waals surface area contributed by atoms with Crippen molar-refractivity contribution in [2.75, 3.05) is 5.33 Å². The number of hydrogen-bond donors (Lipinski definition) is 1. The minimum absolute atomic E-state index is 0.0473. The lowest BCUT2D eigenvalue weighted by atomic mass is 10.0. The van der Waals surface area contributed by atoms with E-state index in [1.807, 2.05) is 13.8 Å². The van der Waals surface area contributed by atoms with Gasteiger partial charge in [0.2, 0.25) is 0 Å². The van der Waals surface area contributed by atoms with E-state index in [1.54, 1.807) is 6.07 Å². The predicted molar refractivity (Wildman–Crippen MR) is 77.6 cm³/mol. The molecule has 1 amide bonds. The molecule has 0 saturated heterocycles. The largest absolute Gasteiger partial charge is 0.349 e. The average Bonchev–Trinajstić information content (AvgIpc) is 2.38. The minimum atomic E-state index is -0.505. The van der Waals surface area contributed by atoms with E-state index in [0.717, 1.165) is 11.8 Å². The van der Waals surface area contributed by atoms with E-state index in [2.05, 4.69) is 21.2 Å². The molecular formula is C13H17BrN2O3. The van der Waals surface area contributed by atoms with E-state index < -0.39 is 4.92 Å². The van der Waals surface area contributed by atoms with E-state index in [-0.39, 0.29) is 17.6 Å². The first-order valence-corrected chi connectivity index (χ1v) is 7.19. The molecule has 1 N–H and O–H groups in total. The molecule has 1 rings (SSSR count). The quantitative estimate of drug-likeness (QED) is 0.495. The lowest BCUT2D eigenvalue weighted by molar-refractivity contribution is -0.384. The van der Waals surface area contributed by atoms with Gasteiger partial charge in [-0.15, -0.1) is 0 Å². The highest BCUT2D eigenvalue weighted by molar-refractivity contribution is 9.09. The molecule has 104 valence electrons. The molecule has 1 aromatic carbocycles. The van der Waals surface area contributed by atoms with Gasteiger partial charge < -0.3 is 5.32 Å². The number of nitrogens with zero attached hydrogens (tertiary/aromatic N) is 1. The van der Waals surface area contributed by atoms with Gasteiger partial charge in [-0.25, -0.2) is 0 Å². The normalized spacial score (nSPS) is 12.2. The summed E-state index contributed by atoms with van der Waals surface area (Å²) in [6, 6.07) is 5.80. The highest BCUT2D eigenvalue weighted by Gasteiger charge is 2.18. The maximum Gasteiger partial charge on any atom is 0.270 e. The fourth-order valence-corrected chi connectivity index (χ4v) is 2.20. The third-order valence-corrected chi connectivity index (χ3v) is 3.32. The Morgan fingerprint density at radius 1 is 1.47 bits per heavy atom. The van der Waals surface area contributed by atoms with Crippen LogP contribution in [0, 0.1) is 16.0 Å². The van der Waals surface area contributed by atoms with Gasteiger partial charge in [-0.05, 0) is 18.4 Å². The zero-order valence-corrected chi connectivity index (χ0v) is 12.5. The smallest absolute Gasteiger partial charge is 0.270 e. The molecule has 0 radical (unpaired) electrons. The first-order chi connectivity index (χ1) is 8.95. The third kappa shape index (κ3) is 4.63. The zero-order chi connectivity index (χ0) is 14.4. The van der Waals surface area contributed by atoms with Crippen LogP contribution in [0.3, 0.4) is 0 Å². The number of carbonyl (C=O) groups excluding carboxylic acids is 1. The molecule has 19 heavy (non-hydrogen) atoms. The summed E-state index contributed by atoms with van der Waals surface area (Å²) in [7, 11) is 0. The van der Waals surface area contributed by atoms with Crippen LogP contribution in [-0.4, -0.2) is 22.2 Å². The van der Waals surface area contributed by atoms with Gasteiger partial charge in [-0.2, -0.15) is 0 Å². The van der Waals surface area contributed by atoms with Crippen LogP contribution in [0.1, 0.15) is 30.6 Å². The zero-order valence-electron chi connectivity index (χ0n) is 10.9. The van der Waals surface area contributed by atoms with Gasteiger partial charge in [0.1, 0.15) is 0 Å². The number of carbonyl (C=O) groups is 1. The van der Waals surface area contributed by atoms with Crippen LogP contribution < -0.4 is 5.32 Å². The predicted octanol–water partition coefficient (Wildman–Crippen LogP) is 3.13. The molecule has 5 nitrogen and oxygen atoms in total. The fraction of sp³-hybridized carbons (Fsp3) is 0.462. The van der Waals surface area contributed by atoms with E-state index in [1.165, 1.54) is 18.2 Å². The van der Waals surface area contributed by atoms with E-state index in [9.17, 15) is 14.9 Å². The number of rotatable bonds is 6. The van der Waals surface area contributed by atoms with Gasteiger partial charge in [0.05, 0.1) is 4.92 Å². The molecule has 0 aliphatic carbocycles. The summed E-state index contributed by atoms with van der Waals surface area (Å²) in [5.74, 6) is 0.0311.